The van der Waals surface area contributed by atoms with Crippen molar-refractivity contribution in [3.05, 3.63) is 23.8 Å². The minimum atomic E-state index is -0.262. The molecular weight excluding hydrogens is 168 g/mol. The number of benzene rings is 1. The summed E-state index contributed by atoms with van der Waals surface area (Å²) in [5, 5.41) is 9.21. The Kier molecular flexibility index (Phi) is 2.90. The second-order valence-corrected chi connectivity index (χ2v) is 2.85. The number of hydrogen-bond donors (Lipinski definition) is 1. The molecule has 1 atom stereocenters. The molecule has 0 aliphatic rings. The van der Waals surface area contributed by atoms with Crippen LogP contribution in [0.5, 0.6) is 11.5 Å². The number of carbonyl (C=O) groups is 1. The van der Waals surface area contributed by atoms with Crippen LogP contribution < -0.4 is 4.74 Å². The van der Waals surface area contributed by atoms with E-state index in [1.165, 1.54) is 19.2 Å². The number of hydrogen-bond acceptors (Lipinski definition) is 3. The second kappa shape index (κ2) is 3.94. The molecule has 0 radical (unpaired) electrons. The molecule has 0 saturated heterocycles. The van der Waals surface area contributed by atoms with Gasteiger partial charge in [0, 0.05) is 11.5 Å². The van der Waals surface area contributed by atoms with Gasteiger partial charge in [-0.05, 0) is 18.2 Å². The van der Waals surface area contributed by atoms with Gasteiger partial charge in [0.2, 0.25) is 0 Å². The fraction of sp³-hybridized carbons (Fsp3) is 0.300. The highest BCUT2D eigenvalue weighted by molar-refractivity contribution is 5.64. The maximum absolute atomic E-state index is 10.5. The Bertz CT molecular complexity index is 307. The third-order valence-electron chi connectivity index (χ3n) is 1.91. The van der Waals surface area contributed by atoms with Gasteiger partial charge in [0.25, 0.3) is 0 Å². The van der Waals surface area contributed by atoms with Crippen molar-refractivity contribution in [3.8, 4) is 11.5 Å². The van der Waals surface area contributed by atoms with E-state index in [9.17, 15) is 9.90 Å². The van der Waals surface area contributed by atoms with Crippen LogP contribution in [0.15, 0.2) is 18.2 Å². The average molecular weight is 180 g/mol. The van der Waals surface area contributed by atoms with Crippen molar-refractivity contribution in [2.45, 2.75) is 12.8 Å². The van der Waals surface area contributed by atoms with Crippen LogP contribution in [-0.2, 0) is 4.79 Å². The van der Waals surface area contributed by atoms with Crippen molar-refractivity contribution in [1.82, 2.24) is 0 Å². The summed E-state index contributed by atoms with van der Waals surface area (Å²) in [6.45, 7) is 1.75. The topological polar surface area (TPSA) is 46.5 Å². The summed E-state index contributed by atoms with van der Waals surface area (Å²) in [5.41, 5.74) is 0.706. The van der Waals surface area contributed by atoms with E-state index in [1.54, 1.807) is 13.0 Å². The predicted molar refractivity (Wildman–Crippen MR) is 49.1 cm³/mol. The van der Waals surface area contributed by atoms with Crippen molar-refractivity contribution >= 4 is 6.29 Å². The fourth-order valence-electron chi connectivity index (χ4n) is 1.15. The maximum Gasteiger partial charge on any atom is 0.127 e. The van der Waals surface area contributed by atoms with Crippen LogP contribution in [0.4, 0.5) is 0 Å². The molecule has 1 aromatic rings. The van der Waals surface area contributed by atoms with Gasteiger partial charge in [0.1, 0.15) is 17.8 Å². The number of carbonyl (C=O) groups excluding carboxylic acids is 1. The minimum Gasteiger partial charge on any atom is -0.508 e. The van der Waals surface area contributed by atoms with Crippen LogP contribution >= 0.6 is 0 Å². The average Bonchev–Trinajstić information content (AvgIpc) is 2.16. The molecule has 0 bridgehead atoms. The molecule has 0 heterocycles. The molecule has 3 heteroatoms. The third kappa shape index (κ3) is 1.99. The summed E-state index contributed by atoms with van der Waals surface area (Å²) in [6, 6.07) is 4.71. The van der Waals surface area contributed by atoms with E-state index in [-0.39, 0.29) is 11.7 Å². The van der Waals surface area contributed by atoms with E-state index >= 15 is 0 Å². The van der Waals surface area contributed by atoms with Crippen molar-refractivity contribution in [2.75, 3.05) is 7.11 Å². The minimum absolute atomic E-state index is 0.143. The lowest BCUT2D eigenvalue weighted by atomic mass is 10.0. The summed E-state index contributed by atoms with van der Waals surface area (Å²) < 4.78 is 5.05. The predicted octanol–water partition coefficient (Wildman–Crippen LogP) is 1.70. The highest BCUT2D eigenvalue weighted by Gasteiger charge is 2.10. The maximum atomic E-state index is 10.5. The summed E-state index contributed by atoms with van der Waals surface area (Å²) in [6.07, 6.45) is 0.817. The zero-order valence-electron chi connectivity index (χ0n) is 7.65. The van der Waals surface area contributed by atoms with E-state index < -0.39 is 0 Å². The number of methoxy groups -OCH3 is 1. The Morgan fingerprint density at radius 1 is 1.54 bits per heavy atom. The molecule has 0 aliphatic heterocycles. The Morgan fingerprint density at radius 3 is 2.77 bits per heavy atom. The van der Waals surface area contributed by atoms with Gasteiger partial charge in [-0.3, -0.25) is 0 Å². The van der Waals surface area contributed by atoms with Crippen molar-refractivity contribution in [2.24, 2.45) is 0 Å². The van der Waals surface area contributed by atoms with E-state index in [1.807, 2.05) is 0 Å². The first-order valence-corrected chi connectivity index (χ1v) is 4.01. The Labute approximate surface area is 77.0 Å². The smallest absolute Gasteiger partial charge is 0.127 e. The van der Waals surface area contributed by atoms with Crippen LogP contribution in [0.2, 0.25) is 0 Å². The van der Waals surface area contributed by atoms with Crippen LogP contribution in [0.1, 0.15) is 18.4 Å². The van der Waals surface area contributed by atoms with Gasteiger partial charge in [-0.25, -0.2) is 0 Å². The van der Waals surface area contributed by atoms with Gasteiger partial charge in [-0.2, -0.15) is 0 Å². The highest BCUT2D eigenvalue weighted by Crippen LogP contribution is 2.28. The van der Waals surface area contributed by atoms with E-state index in [4.69, 9.17) is 4.74 Å². The largest absolute Gasteiger partial charge is 0.508 e. The molecule has 3 nitrogen and oxygen atoms in total. The van der Waals surface area contributed by atoms with Gasteiger partial charge < -0.3 is 14.6 Å². The lowest BCUT2D eigenvalue weighted by molar-refractivity contribution is -0.108. The number of phenolic OH excluding ortho intramolecular Hbond substituents is 1. The monoisotopic (exact) mass is 180 g/mol. The van der Waals surface area contributed by atoms with E-state index in [2.05, 4.69) is 0 Å². The number of rotatable bonds is 3. The molecule has 1 N–H and O–H groups in total. The lowest BCUT2D eigenvalue weighted by Gasteiger charge is -2.10. The molecule has 0 spiro atoms. The molecule has 13 heavy (non-hydrogen) atoms. The third-order valence-corrected chi connectivity index (χ3v) is 1.91. The highest BCUT2D eigenvalue weighted by atomic mass is 16.5. The standard InChI is InChI=1S/C10H12O3/c1-7(6-11)9-5-8(12)3-4-10(9)13-2/h3-7,12H,1-2H3. The quantitative estimate of drug-likeness (QED) is 0.720. The Balaban J connectivity index is 3.14. The van der Waals surface area contributed by atoms with Gasteiger partial charge >= 0.3 is 0 Å². The molecule has 0 aliphatic carbocycles. The molecule has 0 fully saturated rings. The Hall–Kier alpha value is -1.51. The zero-order chi connectivity index (χ0) is 9.84. The van der Waals surface area contributed by atoms with Gasteiger partial charge in [-0.15, -0.1) is 0 Å². The molecular formula is C10H12O3. The SMILES string of the molecule is COc1ccc(O)cc1C(C)C=O. The molecule has 0 saturated carbocycles. The zero-order valence-corrected chi connectivity index (χ0v) is 7.65. The van der Waals surface area contributed by atoms with Gasteiger partial charge in [0.15, 0.2) is 0 Å². The summed E-state index contributed by atoms with van der Waals surface area (Å²) in [7, 11) is 1.54. The Morgan fingerprint density at radius 2 is 2.23 bits per heavy atom. The van der Waals surface area contributed by atoms with Gasteiger partial charge in [0.05, 0.1) is 7.11 Å². The van der Waals surface area contributed by atoms with E-state index in [0.29, 0.717) is 11.3 Å². The first-order chi connectivity index (χ1) is 6.19. The summed E-state index contributed by atoms with van der Waals surface area (Å²) >= 11 is 0. The molecule has 70 valence electrons. The molecule has 0 amide bonds. The normalized spacial score (nSPS) is 12.2. The molecule has 1 unspecified atom stereocenters. The van der Waals surface area contributed by atoms with Crippen molar-refractivity contribution in [1.29, 1.82) is 0 Å². The first kappa shape index (κ1) is 9.58. The number of phenols is 1. The van der Waals surface area contributed by atoms with Crippen LogP contribution in [-0.4, -0.2) is 18.5 Å². The number of aldehydes is 1. The van der Waals surface area contributed by atoms with E-state index in [0.717, 1.165) is 6.29 Å². The van der Waals surface area contributed by atoms with Crippen LogP contribution in [0, 0.1) is 0 Å². The summed E-state index contributed by atoms with van der Waals surface area (Å²) in [5.74, 6) is 0.504. The van der Waals surface area contributed by atoms with Crippen molar-refractivity contribution < 1.29 is 14.6 Å². The number of ether oxygens (including phenoxy) is 1. The second-order valence-electron chi connectivity index (χ2n) is 2.85. The lowest BCUT2D eigenvalue weighted by Crippen LogP contribution is -1.98. The van der Waals surface area contributed by atoms with Crippen LogP contribution in [0.25, 0.3) is 0 Å². The molecule has 1 rings (SSSR count). The number of aromatic hydroxyl groups is 1. The fourth-order valence-corrected chi connectivity index (χ4v) is 1.15. The van der Waals surface area contributed by atoms with Crippen molar-refractivity contribution in [3.63, 3.8) is 0 Å². The van der Waals surface area contributed by atoms with Crippen LogP contribution in [0.3, 0.4) is 0 Å². The van der Waals surface area contributed by atoms with Gasteiger partial charge in [-0.1, -0.05) is 6.92 Å². The molecule has 1 aromatic carbocycles. The first-order valence-electron chi connectivity index (χ1n) is 4.01. The molecule has 0 aromatic heterocycles. The summed E-state index contributed by atoms with van der Waals surface area (Å²) in [4.78, 5) is 10.5.